The van der Waals surface area contributed by atoms with E-state index in [1.165, 1.54) is 0 Å². The molecule has 0 aliphatic carbocycles. The van der Waals surface area contributed by atoms with Crippen LogP contribution in [0.4, 0.5) is 4.79 Å². The van der Waals surface area contributed by atoms with Gasteiger partial charge in [0.2, 0.25) is 5.91 Å². The highest BCUT2D eigenvalue weighted by atomic mass is 35.5. The van der Waals surface area contributed by atoms with E-state index in [4.69, 9.17) is 0 Å². The quantitative estimate of drug-likeness (QED) is 0.628. The molecule has 1 saturated heterocycles. The molecular formula is C4H9Cl3N2O2. The SMILES string of the molecule is Cl.Cl.Cl.O=C1CCNC(=O)N1. The maximum absolute atomic E-state index is 10.3. The molecule has 0 saturated carbocycles. The number of nitrogens with one attached hydrogen (secondary N) is 2. The Hall–Kier alpha value is -0.190. The standard InChI is InChI=1S/C4H6N2O2.3ClH/c7-3-1-2-5-4(8)6-3;;;/h1-2H2,(H2,5,6,7,8);3*1H. The maximum atomic E-state index is 10.3. The second-order valence-electron chi connectivity index (χ2n) is 1.55. The Morgan fingerprint density at radius 3 is 1.91 bits per heavy atom. The van der Waals surface area contributed by atoms with Gasteiger partial charge in [-0.15, -0.1) is 37.2 Å². The van der Waals surface area contributed by atoms with Gasteiger partial charge in [0.05, 0.1) is 0 Å². The van der Waals surface area contributed by atoms with E-state index < -0.39 is 0 Å². The van der Waals surface area contributed by atoms with Gasteiger partial charge in [-0.3, -0.25) is 10.1 Å². The molecule has 0 bridgehead atoms. The Balaban J connectivity index is -0.000000213. The largest absolute Gasteiger partial charge is 0.337 e. The second-order valence-corrected chi connectivity index (χ2v) is 1.55. The average Bonchev–Trinajstić information content (AvgIpc) is 1.64. The summed E-state index contributed by atoms with van der Waals surface area (Å²) in [5.41, 5.74) is 0. The zero-order chi connectivity index (χ0) is 5.98. The minimum atomic E-state index is -0.388. The fourth-order valence-corrected chi connectivity index (χ4v) is 0.523. The highest BCUT2D eigenvalue weighted by molar-refractivity contribution is 5.96. The smallest absolute Gasteiger partial charge is 0.321 e. The van der Waals surface area contributed by atoms with Crippen molar-refractivity contribution in [3.8, 4) is 0 Å². The third-order valence-corrected chi connectivity index (χ3v) is 0.891. The molecule has 0 unspecified atom stereocenters. The van der Waals surface area contributed by atoms with E-state index >= 15 is 0 Å². The molecule has 1 heterocycles. The fourth-order valence-electron chi connectivity index (χ4n) is 0.523. The summed E-state index contributed by atoms with van der Waals surface area (Å²) in [6, 6.07) is -0.388. The second kappa shape index (κ2) is 7.91. The van der Waals surface area contributed by atoms with E-state index in [1.54, 1.807) is 0 Å². The van der Waals surface area contributed by atoms with Gasteiger partial charge in [0.1, 0.15) is 0 Å². The topological polar surface area (TPSA) is 58.2 Å². The molecule has 1 aliphatic rings. The van der Waals surface area contributed by atoms with Gasteiger partial charge in [0.25, 0.3) is 0 Å². The lowest BCUT2D eigenvalue weighted by Crippen LogP contribution is -2.46. The molecule has 2 N–H and O–H groups in total. The fraction of sp³-hybridized carbons (Fsp3) is 0.500. The number of carbonyl (C=O) groups is 2. The van der Waals surface area contributed by atoms with Crippen molar-refractivity contribution in [2.75, 3.05) is 6.54 Å². The first-order chi connectivity index (χ1) is 3.79. The Morgan fingerprint density at radius 1 is 1.09 bits per heavy atom. The lowest BCUT2D eigenvalue weighted by Gasteiger charge is -2.10. The Morgan fingerprint density at radius 2 is 1.64 bits per heavy atom. The molecule has 11 heavy (non-hydrogen) atoms. The summed E-state index contributed by atoms with van der Waals surface area (Å²) in [6.07, 6.45) is 0.395. The van der Waals surface area contributed by atoms with E-state index in [1.807, 2.05) is 0 Å². The van der Waals surface area contributed by atoms with Gasteiger partial charge in [-0.05, 0) is 0 Å². The van der Waals surface area contributed by atoms with Crippen LogP contribution in [0.1, 0.15) is 6.42 Å². The summed E-state index contributed by atoms with van der Waals surface area (Å²) in [6.45, 7) is 0.463. The van der Waals surface area contributed by atoms with Crippen LogP contribution in [0.5, 0.6) is 0 Å². The Kier molecular flexibility index (Phi) is 12.3. The first kappa shape index (κ1) is 17.1. The van der Waals surface area contributed by atoms with Crippen molar-refractivity contribution in [3.05, 3.63) is 0 Å². The van der Waals surface area contributed by atoms with Crippen molar-refractivity contribution < 1.29 is 9.59 Å². The summed E-state index contributed by atoms with van der Waals surface area (Å²) < 4.78 is 0. The lowest BCUT2D eigenvalue weighted by atomic mass is 10.3. The number of imide groups is 1. The van der Waals surface area contributed by atoms with Crippen LogP contribution in [-0.4, -0.2) is 18.5 Å². The molecule has 0 aromatic rings. The third kappa shape index (κ3) is 6.22. The third-order valence-electron chi connectivity index (χ3n) is 0.891. The molecule has 1 fully saturated rings. The van der Waals surface area contributed by atoms with Gasteiger partial charge in [-0.1, -0.05) is 0 Å². The summed E-state index contributed by atoms with van der Waals surface area (Å²) >= 11 is 0. The van der Waals surface area contributed by atoms with E-state index in [9.17, 15) is 9.59 Å². The monoisotopic (exact) mass is 222 g/mol. The van der Waals surface area contributed by atoms with Crippen molar-refractivity contribution >= 4 is 49.2 Å². The molecule has 0 atom stereocenters. The number of halogens is 3. The van der Waals surface area contributed by atoms with Crippen molar-refractivity contribution in [2.45, 2.75) is 6.42 Å². The van der Waals surface area contributed by atoms with Gasteiger partial charge in [-0.2, -0.15) is 0 Å². The molecule has 3 amide bonds. The van der Waals surface area contributed by atoms with Gasteiger partial charge in [0, 0.05) is 13.0 Å². The van der Waals surface area contributed by atoms with Crippen LogP contribution in [0.2, 0.25) is 0 Å². The van der Waals surface area contributed by atoms with Crippen LogP contribution in [0.15, 0.2) is 0 Å². The molecule has 68 valence electrons. The van der Waals surface area contributed by atoms with Crippen LogP contribution in [0, 0.1) is 0 Å². The van der Waals surface area contributed by atoms with Gasteiger partial charge >= 0.3 is 6.03 Å². The van der Waals surface area contributed by atoms with Crippen molar-refractivity contribution in [1.82, 2.24) is 10.6 Å². The number of hydrogen-bond acceptors (Lipinski definition) is 2. The molecule has 0 aromatic heterocycles. The minimum Gasteiger partial charge on any atom is -0.337 e. The Labute approximate surface area is 82.7 Å². The maximum Gasteiger partial charge on any atom is 0.321 e. The highest BCUT2D eigenvalue weighted by Gasteiger charge is 2.11. The van der Waals surface area contributed by atoms with Crippen LogP contribution >= 0.6 is 37.2 Å². The molecule has 1 rings (SSSR count). The number of hydrogen-bond donors (Lipinski definition) is 2. The van der Waals surface area contributed by atoms with Crippen molar-refractivity contribution in [3.63, 3.8) is 0 Å². The summed E-state index contributed by atoms with van der Waals surface area (Å²) in [7, 11) is 0. The normalized spacial score (nSPS) is 14.2. The van der Waals surface area contributed by atoms with Crippen LogP contribution < -0.4 is 10.6 Å². The molecular weight excluding hydrogens is 214 g/mol. The molecule has 0 spiro atoms. The molecule has 0 aromatic carbocycles. The number of amides is 3. The van der Waals surface area contributed by atoms with Crippen molar-refractivity contribution in [2.24, 2.45) is 0 Å². The predicted octanol–water partition coefficient (Wildman–Crippen LogP) is 0.481. The summed E-state index contributed by atoms with van der Waals surface area (Å²) in [5.74, 6) is -0.200. The van der Waals surface area contributed by atoms with E-state index in [-0.39, 0.29) is 49.2 Å². The van der Waals surface area contributed by atoms with Gasteiger partial charge in [-0.25, -0.2) is 4.79 Å². The molecule has 7 heteroatoms. The Bertz CT molecular complexity index is 127. The van der Waals surface area contributed by atoms with E-state index in [0.29, 0.717) is 13.0 Å². The highest BCUT2D eigenvalue weighted by Crippen LogP contribution is 1.82. The summed E-state index contributed by atoms with van der Waals surface area (Å²) in [4.78, 5) is 20.5. The van der Waals surface area contributed by atoms with Crippen LogP contribution in [0.3, 0.4) is 0 Å². The van der Waals surface area contributed by atoms with Gasteiger partial charge in [0.15, 0.2) is 0 Å². The summed E-state index contributed by atoms with van der Waals surface area (Å²) in [5, 5.41) is 4.53. The average molecular weight is 223 g/mol. The number of urea groups is 1. The molecule has 1 aliphatic heterocycles. The van der Waals surface area contributed by atoms with E-state index in [2.05, 4.69) is 10.6 Å². The zero-order valence-corrected chi connectivity index (χ0v) is 7.90. The number of rotatable bonds is 0. The first-order valence-corrected chi connectivity index (χ1v) is 2.37. The zero-order valence-electron chi connectivity index (χ0n) is 5.46. The van der Waals surface area contributed by atoms with Crippen molar-refractivity contribution in [1.29, 1.82) is 0 Å². The van der Waals surface area contributed by atoms with Gasteiger partial charge < -0.3 is 5.32 Å². The predicted molar refractivity (Wildman–Crippen MR) is 47.9 cm³/mol. The minimum absolute atomic E-state index is 0. The molecule has 4 nitrogen and oxygen atoms in total. The lowest BCUT2D eigenvalue weighted by molar-refractivity contribution is -0.120. The first-order valence-electron chi connectivity index (χ1n) is 2.37. The van der Waals surface area contributed by atoms with Crippen LogP contribution in [-0.2, 0) is 4.79 Å². The number of carbonyl (C=O) groups excluding carboxylic acids is 2. The van der Waals surface area contributed by atoms with E-state index in [0.717, 1.165) is 0 Å². The molecule has 0 radical (unpaired) electrons. The van der Waals surface area contributed by atoms with Crippen LogP contribution in [0.25, 0.3) is 0 Å².